The largest absolute Gasteiger partial charge is 0.338 e. The molecule has 1 atom stereocenters. The molecule has 1 aliphatic rings. The van der Waals surface area contributed by atoms with E-state index in [1.165, 1.54) is 32.1 Å². The van der Waals surface area contributed by atoms with Gasteiger partial charge in [0.05, 0.1) is 6.04 Å². The number of urea groups is 1. The molecule has 1 saturated carbocycles. The van der Waals surface area contributed by atoms with E-state index < -0.39 is 0 Å². The van der Waals surface area contributed by atoms with Crippen LogP contribution in [0.3, 0.4) is 0 Å². The minimum Gasteiger partial charge on any atom is -0.338 e. The second-order valence-electron chi connectivity index (χ2n) is 8.93. The molecule has 0 aliphatic heterocycles. The lowest BCUT2D eigenvalue weighted by Crippen LogP contribution is -2.51. The molecule has 1 rings (SSSR count). The smallest absolute Gasteiger partial charge is 0.315 e. The van der Waals surface area contributed by atoms with E-state index in [4.69, 9.17) is 0 Å². The zero-order chi connectivity index (χ0) is 17.0. The number of amides is 2. The van der Waals surface area contributed by atoms with Gasteiger partial charge in [0.15, 0.2) is 0 Å². The van der Waals surface area contributed by atoms with Crippen LogP contribution in [-0.4, -0.2) is 18.6 Å². The van der Waals surface area contributed by atoms with Crippen molar-refractivity contribution in [3.63, 3.8) is 0 Å². The van der Waals surface area contributed by atoms with Gasteiger partial charge in [0.1, 0.15) is 0 Å². The molecule has 3 nitrogen and oxygen atoms in total. The van der Waals surface area contributed by atoms with E-state index in [9.17, 15) is 4.79 Å². The summed E-state index contributed by atoms with van der Waals surface area (Å²) >= 11 is 0. The molecular formula is C19H36N2O. The normalized spacial score (nSPS) is 18.6. The number of hydrogen-bond acceptors (Lipinski definition) is 1. The van der Waals surface area contributed by atoms with Gasteiger partial charge in [-0.15, -0.1) is 0 Å². The van der Waals surface area contributed by atoms with Crippen LogP contribution in [-0.2, 0) is 0 Å². The molecule has 2 amide bonds. The molecule has 128 valence electrons. The second-order valence-corrected chi connectivity index (χ2v) is 8.93. The molecule has 1 aliphatic carbocycles. The highest BCUT2D eigenvalue weighted by Crippen LogP contribution is 2.34. The van der Waals surface area contributed by atoms with E-state index in [-0.39, 0.29) is 22.9 Å². The van der Waals surface area contributed by atoms with Gasteiger partial charge >= 0.3 is 6.03 Å². The third-order valence-electron chi connectivity index (χ3n) is 4.73. The van der Waals surface area contributed by atoms with Crippen LogP contribution in [0.5, 0.6) is 0 Å². The van der Waals surface area contributed by atoms with Gasteiger partial charge in [0.25, 0.3) is 0 Å². The summed E-state index contributed by atoms with van der Waals surface area (Å²) in [4.78, 5) is 12.3. The minimum atomic E-state index is -0.0594. The maximum atomic E-state index is 12.3. The Balaban J connectivity index is 2.58. The standard InChI is InChI=1S/C19H36N2O/c1-14(18(2,3)4)16(19(5,6)7)21-17(22)20-13-15-11-9-8-10-12-15/h15-16H,1,8-13H2,2-7H3,(H2,20,21,22). The van der Waals surface area contributed by atoms with Gasteiger partial charge in [-0.3, -0.25) is 0 Å². The van der Waals surface area contributed by atoms with Crippen molar-refractivity contribution in [1.29, 1.82) is 0 Å². The Morgan fingerprint density at radius 1 is 1.09 bits per heavy atom. The van der Waals surface area contributed by atoms with Gasteiger partial charge < -0.3 is 10.6 Å². The van der Waals surface area contributed by atoms with Gasteiger partial charge in [0.2, 0.25) is 0 Å². The quantitative estimate of drug-likeness (QED) is 0.714. The van der Waals surface area contributed by atoms with Crippen LogP contribution in [0.1, 0.15) is 73.6 Å². The van der Waals surface area contributed by atoms with Crippen molar-refractivity contribution < 1.29 is 4.79 Å². The molecule has 3 heteroatoms. The number of carbonyl (C=O) groups excluding carboxylic acids is 1. The van der Waals surface area contributed by atoms with Crippen LogP contribution in [0.25, 0.3) is 0 Å². The number of carbonyl (C=O) groups is 1. The van der Waals surface area contributed by atoms with E-state index in [1.54, 1.807) is 0 Å². The third-order valence-corrected chi connectivity index (χ3v) is 4.73. The van der Waals surface area contributed by atoms with Crippen molar-refractivity contribution in [2.24, 2.45) is 16.7 Å². The lowest BCUT2D eigenvalue weighted by molar-refractivity contribution is 0.216. The van der Waals surface area contributed by atoms with Crippen molar-refractivity contribution in [2.45, 2.75) is 79.7 Å². The topological polar surface area (TPSA) is 41.1 Å². The summed E-state index contributed by atoms with van der Waals surface area (Å²) < 4.78 is 0. The first-order valence-electron chi connectivity index (χ1n) is 8.75. The summed E-state index contributed by atoms with van der Waals surface area (Å²) in [5.41, 5.74) is 1.01. The van der Waals surface area contributed by atoms with Crippen molar-refractivity contribution in [2.75, 3.05) is 6.54 Å². The zero-order valence-corrected chi connectivity index (χ0v) is 15.5. The van der Waals surface area contributed by atoms with Gasteiger partial charge in [-0.2, -0.15) is 0 Å². The molecule has 0 aromatic rings. The molecule has 1 unspecified atom stereocenters. The van der Waals surface area contributed by atoms with Crippen LogP contribution in [0, 0.1) is 16.7 Å². The average molecular weight is 309 g/mol. The first kappa shape index (κ1) is 19.1. The highest BCUT2D eigenvalue weighted by molar-refractivity contribution is 5.74. The highest BCUT2D eigenvalue weighted by atomic mass is 16.2. The predicted molar refractivity (Wildman–Crippen MR) is 94.9 cm³/mol. The minimum absolute atomic E-state index is 0.0192. The zero-order valence-electron chi connectivity index (χ0n) is 15.5. The Kier molecular flexibility index (Phi) is 6.51. The van der Waals surface area contributed by atoms with Crippen molar-refractivity contribution in [1.82, 2.24) is 10.6 Å². The first-order chi connectivity index (χ1) is 10.0. The number of rotatable bonds is 4. The molecule has 0 aromatic heterocycles. The Hall–Kier alpha value is -0.990. The van der Waals surface area contributed by atoms with Crippen LogP contribution < -0.4 is 10.6 Å². The highest BCUT2D eigenvalue weighted by Gasteiger charge is 2.33. The fraction of sp³-hybridized carbons (Fsp3) is 0.842. The Morgan fingerprint density at radius 3 is 2.09 bits per heavy atom. The van der Waals surface area contributed by atoms with E-state index in [2.05, 4.69) is 58.8 Å². The summed E-state index contributed by atoms with van der Waals surface area (Å²) in [6, 6.07) is -0.0882. The molecule has 1 fully saturated rings. The van der Waals surface area contributed by atoms with E-state index in [0.717, 1.165) is 12.1 Å². The van der Waals surface area contributed by atoms with E-state index >= 15 is 0 Å². The lowest BCUT2D eigenvalue weighted by Gasteiger charge is -2.38. The molecule has 0 heterocycles. The molecule has 0 radical (unpaired) electrons. The molecular weight excluding hydrogens is 272 g/mol. The van der Waals surface area contributed by atoms with E-state index in [0.29, 0.717) is 5.92 Å². The molecule has 0 bridgehead atoms. The molecule has 0 spiro atoms. The van der Waals surface area contributed by atoms with Crippen LogP contribution in [0.2, 0.25) is 0 Å². The summed E-state index contributed by atoms with van der Waals surface area (Å²) in [5, 5.41) is 6.22. The predicted octanol–water partition coefficient (Wildman–Crippen LogP) is 4.88. The van der Waals surface area contributed by atoms with Gasteiger partial charge in [-0.05, 0) is 35.2 Å². The Bertz CT molecular complexity index is 381. The Morgan fingerprint density at radius 2 is 1.64 bits per heavy atom. The van der Waals surface area contributed by atoms with Gasteiger partial charge in [0, 0.05) is 6.54 Å². The second kappa shape index (κ2) is 7.52. The fourth-order valence-corrected chi connectivity index (χ4v) is 3.07. The molecule has 2 N–H and O–H groups in total. The molecule has 22 heavy (non-hydrogen) atoms. The SMILES string of the molecule is C=C(C(NC(=O)NCC1CCCCC1)C(C)(C)C)C(C)(C)C. The fourth-order valence-electron chi connectivity index (χ4n) is 3.07. The van der Waals surface area contributed by atoms with Crippen LogP contribution in [0.15, 0.2) is 12.2 Å². The summed E-state index contributed by atoms with van der Waals surface area (Å²) in [6.45, 7) is 17.9. The third kappa shape index (κ3) is 6.02. The molecule has 0 saturated heterocycles. The number of hydrogen-bond donors (Lipinski definition) is 2. The van der Waals surface area contributed by atoms with Gasteiger partial charge in [-0.1, -0.05) is 67.4 Å². The van der Waals surface area contributed by atoms with E-state index in [1.807, 2.05) is 0 Å². The maximum Gasteiger partial charge on any atom is 0.315 e. The van der Waals surface area contributed by atoms with Crippen molar-refractivity contribution in [3.05, 3.63) is 12.2 Å². The maximum absolute atomic E-state index is 12.3. The van der Waals surface area contributed by atoms with Crippen LogP contribution in [0.4, 0.5) is 4.79 Å². The molecule has 0 aromatic carbocycles. The van der Waals surface area contributed by atoms with Crippen molar-refractivity contribution >= 4 is 6.03 Å². The summed E-state index contributed by atoms with van der Waals surface area (Å²) in [7, 11) is 0. The van der Waals surface area contributed by atoms with Gasteiger partial charge in [-0.25, -0.2) is 4.79 Å². The summed E-state index contributed by atoms with van der Waals surface area (Å²) in [5.74, 6) is 0.651. The van der Waals surface area contributed by atoms with Crippen molar-refractivity contribution in [3.8, 4) is 0 Å². The Labute approximate surface area is 137 Å². The monoisotopic (exact) mass is 308 g/mol. The van der Waals surface area contributed by atoms with Crippen LogP contribution >= 0.6 is 0 Å². The lowest BCUT2D eigenvalue weighted by atomic mass is 9.73. The number of nitrogens with one attached hydrogen (secondary N) is 2. The summed E-state index contributed by atoms with van der Waals surface area (Å²) in [6.07, 6.45) is 6.45. The average Bonchev–Trinajstić information content (AvgIpc) is 2.40. The first-order valence-corrected chi connectivity index (χ1v) is 8.75.